The van der Waals surface area contributed by atoms with Crippen LogP contribution >= 0.6 is 11.6 Å². The molecule has 7 nitrogen and oxygen atoms in total. The van der Waals surface area contributed by atoms with E-state index >= 15 is 0 Å². The maximum Gasteiger partial charge on any atom is 0.408 e. The van der Waals surface area contributed by atoms with Crippen LogP contribution in [-0.4, -0.2) is 41.0 Å². The van der Waals surface area contributed by atoms with Gasteiger partial charge in [-0.05, 0) is 57.7 Å². The van der Waals surface area contributed by atoms with E-state index in [-0.39, 0.29) is 18.4 Å². The largest absolute Gasteiger partial charge is 0.444 e. The van der Waals surface area contributed by atoms with Gasteiger partial charge in [0.05, 0.1) is 10.7 Å². The van der Waals surface area contributed by atoms with Crippen LogP contribution in [0.3, 0.4) is 0 Å². The monoisotopic (exact) mass is 501 g/mol. The molecule has 0 fully saturated rings. The minimum absolute atomic E-state index is 0.241. The fraction of sp³-hybridized carbons (Fsp3) is 0.444. The van der Waals surface area contributed by atoms with Crippen molar-refractivity contribution in [2.24, 2.45) is 5.92 Å². The van der Waals surface area contributed by atoms with Crippen molar-refractivity contribution in [2.45, 2.75) is 66.2 Å². The van der Waals surface area contributed by atoms with Crippen LogP contribution < -0.4 is 10.6 Å². The first kappa shape index (κ1) is 28.2. The van der Waals surface area contributed by atoms with Gasteiger partial charge in [-0.1, -0.05) is 67.9 Å². The normalized spacial score (nSPS) is 13.1. The van der Waals surface area contributed by atoms with Crippen LogP contribution in [0.2, 0.25) is 5.02 Å². The number of hydrogen-bond acceptors (Lipinski definition) is 4. The third kappa shape index (κ3) is 7.72. The van der Waals surface area contributed by atoms with Crippen molar-refractivity contribution in [3.05, 3.63) is 64.7 Å². The highest BCUT2D eigenvalue weighted by molar-refractivity contribution is 6.34. The number of carbonyl (C=O) groups is 3. The molecular formula is C27H36ClN3O4. The standard InChI is InChI=1S/C27H36ClN3O4/c1-8-31(25(33)21(17(2)3)30-26(34)35-27(5,6)7)23(19-14-10-9-11-15-19)24(32)29-22-18(4)13-12-16-20(22)28/h9-17,21,23H,8H2,1-7H3,(H,29,32)(H,30,34). The van der Waals surface area contributed by atoms with E-state index in [9.17, 15) is 14.4 Å². The molecule has 0 aliphatic heterocycles. The fourth-order valence-corrected chi connectivity index (χ4v) is 3.95. The van der Waals surface area contributed by atoms with Crippen molar-refractivity contribution >= 4 is 35.2 Å². The number of alkyl carbamates (subject to hydrolysis) is 1. The fourth-order valence-electron chi connectivity index (χ4n) is 3.68. The van der Waals surface area contributed by atoms with Gasteiger partial charge in [-0.3, -0.25) is 9.59 Å². The van der Waals surface area contributed by atoms with Crippen LogP contribution in [0, 0.1) is 12.8 Å². The maximum absolute atomic E-state index is 13.8. The summed E-state index contributed by atoms with van der Waals surface area (Å²) in [6.45, 7) is 12.8. The smallest absolute Gasteiger partial charge is 0.408 e. The lowest BCUT2D eigenvalue weighted by Crippen LogP contribution is -2.54. The first-order valence-corrected chi connectivity index (χ1v) is 12.1. The van der Waals surface area contributed by atoms with E-state index in [1.165, 1.54) is 4.90 Å². The van der Waals surface area contributed by atoms with Gasteiger partial charge in [0.2, 0.25) is 5.91 Å². The van der Waals surface area contributed by atoms with Crippen LogP contribution in [0.15, 0.2) is 48.5 Å². The Bertz CT molecular complexity index is 1010. The van der Waals surface area contributed by atoms with E-state index in [1.54, 1.807) is 52.0 Å². The second-order valence-electron chi connectivity index (χ2n) is 9.73. The zero-order valence-corrected chi connectivity index (χ0v) is 22.3. The number of nitrogens with zero attached hydrogens (tertiary/aromatic N) is 1. The number of benzene rings is 2. The Morgan fingerprint density at radius 3 is 2.17 bits per heavy atom. The lowest BCUT2D eigenvalue weighted by atomic mass is 9.99. The molecule has 0 aliphatic rings. The molecule has 190 valence electrons. The molecule has 0 saturated heterocycles. The quantitative estimate of drug-likeness (QED) is 0.483. The molecule has 8 heteroatoms. The predicted octanol–water partition coefficient (Wildman–Crippen LogP) is 5.73. The molecule has 2 aromatic carbocycles. The summed E-state index contributed by atoms with van der Waals surface area (Å²) in [5.74, 6) is -1.02. The van der Waals surface area contributed by atoms with E-state index in [0.717, 1.165) is 5.56 Å². The average Bonchev–Trinajstić information content (AvgIpc) is 2.77. The number of halogens is 1. The van der Waals surface area contributed by atoms with E-state index < -0.39 is 29.7 Å². The van der Waals surface area contributed by atoms with Crippen LogP contribution in [-0.2, 0) is 14.3 Å². The summed E-state index contributed by atoms with van der Waals surface area (Å²) in [7, 11) is 0. The lowest BCUT2D eigenvalue weighted by Gasteiger charge is -2.35. The number of anilines is 1. The van der Waals surface area contributed by atoms with Crippen LogP contribution in [0.4, 0.5) is 10.5 Å². The molecule has 0 aromatic heterocycles. The molecule has 0 radical (unpaired) electrons. The molecule has 2 atom stereocenters. The lowest BCUT2D eigenvalue weighted by molar-refractivity contribution is -0.141. The molecule has 0 saturated carbocycles. The molecule has 2 N–H and O–H groups in total. The van der Waals surface area contributed by atoms with Crippen LogP contribution in [0.5, 0.6) is 0 Å². The van der Waals surface area contributed by atoms with Gasteiger partial charge in [-0.15, -0.1) is 0 Å². The number of hydrogen-bond donors (Lipinski definition) is 2. The summed E-state index contributed by atoms with van der Waals surface area (Å²) in [6.07, 6.45) is -0.687. The molecule has 0 spiro atoms. The topological polar surface area (TPSA) is 87.7 Å². The van der Waals surface area contributed by atoms with Crippen molar-refractivity contribution in [3.63, 3.8) is 0 Å². The van der Waals surface area contributed by atoms with Crippen LogP contribution in [0.1, 0.15) is 58.7 Å². The zero-order chi connectivity index (χ0) is 26.3. The van der Waals surface area contributed by atoms with Gasteiger partial charge in [-0.25, -0.2) is 4.79 Å². The number of rotatable bonds is 8. The Morgan fingerprint density at radius 2 is 1.66 bits per heavy atom. The van der Waals surface area contributed by atoms with Crippen molar-refractivity contribution in [2.75, 3.05) is 11.9 Å². The van der Waals surface area contributed by atoms with E-state index in [1.807, 2.05) is 45.0 Å². The van der Waals surface area contributed by atoms with Gasteiger partial charge in [0.15, 0.2) is 0 Å². The van der Waals surface area contributed by atoms with Crippen molar-refractivity contribution in [3.8, 4) is 0 Å². The van der Waals surface area contributed by atoms with Crippen molar-refractivity contribution in [1.82, 2.24) is 10.2 Å². The molecule has 35 heavy (non-hydrogen) atoms. The van der Waals surface area contributed by atoms with Gasteiger partial charge in [-0.2, -0.15) is 0 Å². The van der Waals surface area contributed by atoms with E-state index in [2.05, 4.69) is 10.6 Å². The minimum atomic E-state index is -0.939. The van der Waals surface area contributed by atoms with Gasteiger partial charge in [0, 0.05) is 6.54 Å². The third-order valence-corrected chi connectivity index (χ3v) is 5.69. The Labute approximate surface area is 213 Å². The van der Waals surface area contributed by atoms with Crippen molar-refractivity contribution in [1.29, 1.82) is 0 Å². The van der Waals surface area contributed by atoms with Gasteiger partial charge < -0.3 is 20.3 Å². The van der Waals surface area contributed by atoms with Crippen molar-refractivity contribution < 1.29 is 19.1 Å². The van der Waals surface area contributed by atoms with Crippen LogP contribution in [0.25, 0.3) is 0 Å². The average molecular weight is 502 g/mol. The Hall–Kier alpha value is -3.06. The predicted molar refractivity (Wildman–Crippen MR) is 139 cm³/mol. The number of amides is 3. The summed E-state index contributed by atoms with van der Waals surface area (Å²) in [5, 5.41) is 6.01. The van der Waals surface area contributed by atoms with Gasteiger partial charge in [0.25, 0.3) is 5.91 Å². The Kier molecular flexibility index (Phi) is 9.72. The summed E-state index contributed by atoms with van der Waals surface area (Å²) in [6, 6.07) is 12.6. The Balaban J connectivity index is 2.43. The molecule has 3 amide bonds. The Morgan fingerprint density at radius 1 is 1.03 bits per heavy atom. The highest BCUT2D eigenvalue weighted by Crippen LogP contribution is 2.29. The molecule has 0 aliphatic carbocycles. The second-order valence-corrected chi connectivity index (χ2v) is 10.1. The molecule has 0 heterocycles. The second kappa shape index (κ2) is 12.1. The zero-order valence-electron chi connectivity index (χ0n) is 21.5. The van der Waals surface area contributed by atoms with E-state index in [0.29, 0.717) is 16.3 Å². The minimum Gasteiger partial charge on any atom is -0.444 e. The van der Waals surface area contributed by atoms with Gasteiger partial charge in [0.1, 0.15) is 17.7 Å². The molecule has 2 rings (SSSR count). The number of carbonyl (C=O) groups excluding carboxylic acids is 3. The summed E-state index contributed by atoms with van der Waals surface area (Å²) in [5.41, 5.74) is 1.23. The highest BCUT2D eigenvalue weighted by Gasteiger charge is 2.37. The third-order valence-electron chi connectivity index (χ3n) is 5.37. The highest BCUT2D eigenvalue weighted by atomic mass is 35.5. The molecule has 0 bridgehead atoms. The number of likely N-dealkylation sites (N-methyl/N-ethyl adjacent to an activating group) is 1. The first-order chi connectivity index (χ1) is 16.4. The molecule has 2 aromatic rings. The summed E-state index contributed by atoms with van der Waals surface area (Å²) in [4.78, 5) is 41.4. The number of nitrogens with one attached hydrogen (secondary N) is 2. The number of ether oxygens (including phenoxy) is 1. The number of para-hydroxylation sites is 1. The SMILES string of the molecule is CCN(C(=O)C(NC(=O)OC(C)(C)C)C(C)C)C(C(=O)Nc1c(C)cccc1Cl)c1ccccc1. The van der Waals surface area contributed by atoms with Gasteiger partial charge >= 0.3 is 6.09 Å². The first-order valence-electron chi connectivity index (χ1n) is 11.8. The summed E-state index contributed by atoms with van der Waals surface area (Å²) < 4.78 is 5.37. The maximum atomic E-state index is 13.8. The van der Waals surface area contributed by atoms with E-state index in [4.69, 9.17) is 16.3 Å². The molecular weight excluding hydrogens is 466 g/mol. The number of aryl methyl sites for hydroxylation is 1. The summed E-state index contributed by atoms with van der Waals surface area (Å²) >= 11 is 6.35. The molecule has 2 unspecified atom stereocenters.